The summed E-state index contributed by atoms with van der Waals surface area (Å²) >= 11 is 0. The van der Waals surface area contributed by atoms with Crippen LogP contribution < -0.4 is 0 Å². The summed E-state index contributed by atoms with van der Waals surface area (Å²) in [5.41, 5.74) is 0. The second kappa shape index (κ2) is 3.00. The van der Waals surface area contributed by atoms with E-state index in [1.807, 2.05) is 0 Å². The van der Waals surface area contributed by atoms with Gasteiger partial charge in [0.25, 0.3) is 0 Å². The number of hydrogen-bond acceptors (Lipinski definition) is 3. The third-order valence-electron chi connectivity index (χ3n) is 1.44. The van der Waals surface area contributed by atoms with E-state index >= 15 is 0 Å². The van der Waals surface area contributed by atoms with Crippen LogP contribution in [0.5, 0.6) is 0 Å². The molecule has 0 radical (unpaired) electrons. The quantitative estimate of drug-likeness (QED) is 0.731. The van der Waals surface area contributed by atoms with Crippen molar-refractivity contribution in [1.82, 2.24) is 4.98 Å². The molecule has 0 aliphatic rings. The van der Waals surface area contributed by atoms with Crippen molar-refractivity contribution in [1.29, 1.82) is 4.78 Å². The van der Waals surface area contributed by atoms with Crippen LogP contribution in [0.15, 0.2) is 29.4 Å². The first-order valence-corrected chi connectivity index (χ1v) is 5.06. The van der Waals surface area contributed by atoms with Crippen LogP contribution in [0, 0.1) is 4.78 Å². The van der Waals surface area contributed by atoms with E-state index in [0.717, 1.165) is 0 Å². The van der Waals surface area contributed by atoms with Crippen LogP contribution in [0.1, 0.15) is 6.92 Å². The number of aromatic nitrogens is 1. The van der Waals surface area contributed by atoms with Crippen molar-refractivity contribution in [2.24, 2.45) is 0 Å². The largest absolute Gasteiger partial charge is 0.265 e. The summed E-state index contributed by atoms with van der Waals surface area (Å²) in [6.07, 6.45) is 3.11. The van der Waals surface area contributed by atoms with Crippen molar-refractivity contribution in [3.8, 4) is 0 Å². The van der Waals surface area contributed by atoms with Gasteiger partial charge in [0.2, 0.25) is 0 Å². The van der Waals surface area contributed by atoms with E-state index in [1.54, 1.807) is 31.5 Å². The first-order chi connectivity index (χ1) is 5.17. The van der Waals surface area contributed by atoms with Crippen LogP contribution in [0.4, 0.5) is 0 Å². The molecule has 11 heavy (non-hydrogen) atoms. The molecule has 0 aromatic carbocycles. The maximum Gasteiger partial charge on any atom is 0.0724 e. The average molecular weight is 170 g/mol. The van der Waals surface area contributed by atoms with Gasteiger partial charge >= 0.3 is 0 Å². The molecule has 60 valence electrons. The minimum absolute atomic E-state index is 0.358. The SMILES string of the molecule is CC[S@@](=N)(=O)c1ccncc1. The average Bonchev–Trinajstić information content (AvgIpc) is 2.06. The fourth-order valence-electron chi connectivity index (χ4n) is 0.725. The van der Waals surface area contributed by atoms with E-state index in [2.05, 4.69) is 4.98 Å². The molecule has 0 amide bonds. The smallest absolute Gasteiger partial charge is 0.0724 e. The zero-order valence-corrected chi connectivity index (χ0v) is 7.10. The third-order valence-corrected chi connectivity index (χ3v) is 3.28. The van der Waals surface area contributed by atoms with E-state index in [4.69, 9.17) is 4.78 Å². The van der Waals surface area contributed by atoms with Crippen molar-refractivity contribution < 1.29 is 4.21 Å². The molecule has 0 aliphatic carbocycles. The molecule has 1 rings (SSSR count). The Kier molecular flexibility index (Phi) is 2.24. The molecule has 1 aromatic heterocycles. The summed E-state index contributed by atoms with van der Waals surface area (Å²) in [5.74, 6) is 0.358. The van der Waals surface area contributed by atoms with Gasteiger partial charge in [0.05, 0.1) is 14.6 Å². The van der Waals surface area contributed by atoms with E-state index < -0.39 is 9.73 Å². The molecule has 1 atom stereocenters. The van der Waals surface area contributed by atoms with Crippen LogP contribution in [0.3, 0.4) is 0 Å². The summed E-state index contributed by atoms with van der Waals surface area (Å²) < 4.78 is 18.8. The minimum atomic E-state index is -2.54. The van der Waals surface area contributed by atoms with Gasteiger partial charge in [-0.3, -0.25) is 4.98 Å². The predicted octanol–water partition coefficient (Wildman–Crippen LogP) is 1.51. The Balaban J connectivity index is 3.14. The summed E-state index contributed by atoms with van der Waals surface area (Å²) in [7, 11) is -2.54. The summed E-state index contributed by atoms with van der Waals surface area (Å²) in [6.45, 7) is 1.75. The lowest BCUT2D eigenvalue weighted by Gasteiger charge is -2.01. The highest BCUT2D eigenvalue weighted by atomic mass is 32.2. The highest BCUT2D eigenvalue weighted by Crippen LogP contribution is 2.08. The molecule has 0 bridgehead atoms. The summed E-state index contributed by atoms with van der Waals surface area (Å²) in [4.78, 5) is 4.35. The summed E-state index contributed by atoms with van der Waals surface area (Å²) in [6, 6.07) is 3.25. The molecule has 0 saturated carbocycles. The van der Waals surface area contributed by atoms with Crippen molar-refractivity contribution in [2.45, 2.75) is 11.8 Å². The van der Waals surface area contributed by atoms with Crippen LogP contribution in [0.2, 0.25) is 0 Å². The Bertz CT molecular complexity index is 318. The van der Waals surface area contributed by atoms with Gasteiger partial charge in [-0.15, -0.1) is 0 Å². The Morgan fingerprint density at radius 2 is 2.09 bits per heavy atom. The van der Waals surface area contributed by atoms with Crippen LogP contribution in [-0.2, 0) is 9.73 Å². The zero-order chi connectivity index (χ0) is 8.32. The Morgan fingerprint density at radius 1 is 1.55 bits per heavy atom. The van der Waals surface area contributed by atoms with E-state index in [0.29, 0.717) is 10.6 Å². The second-order valence-electron chi connectivity index (χ2n) is 2.15. The van der Waals surface area contributed by atoms with Gasteiger partial charge in [-0.05, 0) is 12.1 Å². The number of hydrogen-bond donors (Lipinski definition) is 1. The molecular formula is C7H10N2OS. The number of nitrogens with one attached hydrogen (secondary N) is 1. The van der Waals surface area contributed by atoms with Gasteiger partial charge in [0.15, 0.2) is 0 Å². The van der Waals surface area contributed by atoms with Gasteiger partial charge in [0.1, 0.15) is 0 Å². The standard InChI is InChI=1S/C7H10N2OS/c1-2-11(8,10)7-3-5-9-6-4-7/h3-6,8H,2H2,1H3/t11-/m1/s1. The molecule has 1 heterocycles. The molecule has 3 nitrogen and oxygen atoms in total. The van der Waals surface area contributed by atoms with Crippen molar-refractivity contribution in [2.75, 3.05) is 5.75 Å². The lowest BCUT2D eigenvalue weighted by atomic mass is 10.5. The second-order valence-corrected chi connectivity index (χ2v) is 4.55. The number of nitrogens with zero attached hydrogens (tertiary/aromatic N) is 1. The Morgan fingerprint density at radius 3 is 2.55 bits per heavy atom. The molecule has 0 unspecified atom stereocenters. The number of pyridine rings is 1. The molecule has 0 aliphatic heterocycles. The van der Waals surface area contributed by atoms with Gasteiger partial charge in [-0.1, -0.05) is 6.92 Å². The van der Waals surface area contributed by atoms with Crippen molar-refractivity contribution >= 4 is 9.73 Å². The molecule has 4 heteroatoms. The predicted molar refractivity (Wildman–Crippen MR) is 43.9 cm³/mol. The van der Waals surface area contributed by atoms with E-state index in [9.17, 15) is 4.21 Å². The van der Waals surface area contributed by atoms with E-state index in [-0.39, 0.29) is 0 Å². The highest BCUT2D eigenvalue weighted by Gasteiger charge is 2.04. The molecule has 0 fully saturated rings. The molecule has 1 N–H and O–H groups in total. The molecule has 1 aromatic rings. The van der Waals surface area contributed by atoms with E-state index in [1.165, 1.54) is 0 Å². The van der Waals surface area contributed by atoms with Crippen LogP contribution in [0.25, 0.3) is 0 Å². The normalized spacial score (nSPS) is 15.7. The zero-order valence-electron chi connectivity index (χ0n) is 6.28. The van der Waals surface area contributed by atoms with Crippen LogP contribution in [-0.4, -0.2) is 14.9 Å². The monoisotopic (exact) mass is 170 g/mol. The van der Waals surface area contributed by atoms with Gasteiger partial charge < -0.3 is 0 Å². The van der Waals surface area contributed by atoms with Gasteiger partial charge in [-0.2, -0.15) is 0 Å². The lowest BCUT2D eigenvalue weighted by molar-refractivity contribution is 0.675. The van der Waals surface area contributed by atoms with Gasteiger partial charge in [0, 0.05) is 18.1 Å². The Hall–Kier alpha value is -0.900. The molecule has 0 saturated heterocycles. The van der Waals surface area contributed by atoms with Crippen LogP contribution >= 0.6 is 0 Å². The first kappa shape index (κ1) is 8.20. The Labute approximate surface area is 66.4 Å². The molecular weight excluding hydrogens is 160 g/mol. The van der Waals surface area contributed by atoms with Crippen molar-refractivity contribution in [3.63, 3.8) is 0 Å². The molecule has 0 spiro atoms. The third kappa shape index (κ3) is 1.77. The maximum absolute atomic E-state index is 11.4. The maximum atomic E-state index is 11.4. The van der Waals surface area contributed by atoms with Gasteiger partial charge in [-0.25, -0.2) is 8.99 Å². The summed E-state index contributed by atoms with van der Waals surface area (Å²) in [5, 5.41) is 0. The highest BCUT2D eigenvalue weighted by molar-refractivity contribution is 7.92. The first-order valence-electron chi connectivity index (χ1n) is 3.33. The topological polar surface area (TPSA) is 53.8 Å². The fraction of sp³-hybridized carbons (Fsp3) is 0.286. The fourth-order valence-corrected chi connectivity index (χ4v) is 1.62. The minimum Gasteiger partial charge on any atom is -0.265 e. The lowest BCUT2D eigenvalue weighted by Crippen LogP contribution is -2.00. The van der Waals surface area contributed by atoms with Crippen molar-refractivity contribution in [3.05, 3.63) is 24.5 Å². The number of rotatable bonds is 2.